The van der Waals surface area contributed by atoms with Gasteiger partial charge in [-0.3, -0.25) is 14.2 Å². The van der Waals surface area contributed by atoms with Crippen LogP contribution in [0.1, 0.15) is 6.42 Å². The van der Waals surface area contributed by atoms with Gasteiger partial charge < -0.3 is 14.7 Å². The first-order chi connectivity index (χ1) is 12.1. The zero-order valence-electron chi connectivity index (χ0n) is 14.0. The standard InChI is InChI=1S/C18H21N3O4/c1-25-15-7-14(11-22)21(9-15)18(24)10-20-12-19-16(8-17(20)23)13-5-3-2-4-6-13/h2-6,8,12,14-15,22H,7,9-11H2,1H3/t14-,15-/m0/s1. The van der Waals surface area contributed by atoms with Crippen LogP contribution in [0.5, 0.6) is 0 Å². The second-order valence-electron chi connectivity index (χ2n) is 6.08. The Morgan fingerprint density at radius 2 is 2.12 bits per heavy atom. The van der Waals surface area contributed by atoms with Gasteiger partial charge in [-0.15, -0.1) is 0 Å². The van der Waals surface area contributed by atoms with E-state index < -0.39 is 0 Å². The fourth-order valence-corrected chi connectivity index (χ4v) is 3.07. The molecule has 1 aromatic carbocycles. The van der Waals surface area contributed by atoms with E-state index in [4.69, 9.17) is 4.74 Å². The molecule has 0 radical (unpaired) electrons. The van der Waals surface area contributed by atoms with Crippen LogP contribution in [0, 0.1) is 0 Å². The molecule has 7 nitrogen and oxygen atoms in total. The van der Waals surface area contributed by atoms with Crippen molar-refractivity contribution in [3.63, 3.8) is 0 Å². The van der Waals surface area contributed by atoms with Gasteiger partial charge in [0.2, 0.25) is 5.91 Å². The maximum absolute atomic E-state index is 12.5. The smallest absolute Gasteiger partial charge is 0.254 e. The van der Waals surface area contributed by atoms with Crippen molar-refractivity contribution in [2.45, 2.75) is 25.1 Å². The highest BCUT2D eigenvalue weighted by Gasteiger charge is 2.34. The monoisotopic (exact) mass is 343 g/mol. The molecule has 7 heteroatoms. The van der Waals surface area contributed by atoms with Gasteiger partial charge >= 0.3 is 0 Å². The first-order valence-corrected chi connectivity index (χ1v) is 8.17. The van der Waals surface area contributed by atoms with Gasteiger partial charge in [-0.25, -0.2) is 4.98 Å². The molecule has 1 aliphatic rings. The van der Waals surface area contributed by atoms with Gasteiger partial charge in [-0.2, -0.15) is 0 Å². The van der Waals surface area contributed by atoms with Gasteiger partial charge in [-0.05, 0) is 6.42 Å². The summed E-state index contributed by atoms with van der Waals surface area (Å²) in [4.78, 5) is 30.7. The molecule has 2 aromatic rings. The third kappa shape index (κ3) is 3.78. The molecule has 2 heterocycles. The zero-order chi connectivity index (χ0) is 17.8. The lowest BCUT2D eigenvalue weighted by Crippen LogP contribution is -2.41. The summed E-state index contributed by atoms with van der Waals surface area (Å²) in [6.45, 7) is 0.199. The number of aliphatic hydroxyl groups is 1. The Balaban J connectivity index is 1.75. The molecule has 0 aliphatic carbocycles. The lowest BCUT2D eigenvalue weighted by Gasteiger charge is -2.23. The number of benzene rings is 1. The molecule has 132 valence electrons. The largest absolute Gasteiger partial charge is 0.394 e. The number of aliphatic hydroxyl groups excluding tert-OH is 1. The fraction of sp³-hybridized carbons (Fsp3) is 0.389. The molecule has 1 N–H and O–H groups in total. The average Bonchev–Trinajstić information content (AvgIpc) is 3.08. The van der Waals surface area contributed by atoms with E-state index in [0.29, 0.717) is 18.7 Å². The lowest BCUT2D eigenvalue weighted by molar-refractivity contribution is -0.133. The van der Waals surface area contributed by atoms with E-state index in [0.717, 1.165) is 5.56 Å². The molecule has 25 heavy (non-hydrogen) atoms. The van der Waals surface area contributed by atoms with Gasteiger partial charge in [0.1, 0.15) is 6.54 Å². The van der Waals surface area contributed by atoms with E-state index in [9.17, 15) is 14.7 Å². The minimum absolute atomic E-state index is 0.0867. The summed E-state index contributed by atoms with van der Waals surface area (Å²) in [5, 5.41) is 9.45. The minimum Gasteiger partial charge on any atom is -0.394 e. The van der Waals surface area contributed by atoms with Crippen LogP contribution in [0.25, 0.3) is 11.3 Å². The summed E-state index contributed by atoms with van der Waals surface area (Å²) in [6, 6.07) is 10.5. The Bertz CT molecular complexity index is 790. The third-order valence-electron chi connectivity index (χ3n) is 4.50. The number of ether oxygens (including phenoxy) is 1. The Morgan fingerprint density at radius 3 is 2.76 bits per heavy atom. The molecule has 0 spiro atoms. The Labute approximate surface area is 145 Å². The van der Waals surface area contributed by atoms with Crippen LogP contribution >= 0.6 is 0 Å². The third-order valence-corrected chi connectivity index (χ3v) is 4.50. The van der Waals surface area contributed by atoms with E-state index in [1.54, 1.807) is 12.0 Å². The second kappa shape index (κ2) is 7.58. The van der Waals surface area contributed by atoms with Crippen molar-refractivity contribution in [2.24, 2.45) is 0 Å². The summed E-state index contributed by atoms with van der Waals surface area (Å²) in [6.07, 6.45) is 1.90. The van der Waals surface area contributed by atoms with Crippen LogP contribution in [-0.4, -0.2) is 57.9 Å². The lowest BCUT2D eigenvalue weighted by atomic mass is 10.1. The van der Waals surface area contributed by atoms with Crippen LogP contribution in [0.3, 0.4) is 0 Å². The van der Waals surface area contributed by atoms with Gasteiger partial charge in [-0.1, -0.05) is 30.3 Å². The quantitative estimate of drug-likeness (QED) is 0.855. The molecule has 1 saturated heterocycles. The van der Waals surface area contributed by atoms with Crippen molar-refractivity contribution in [1.29, 1.82) is 0 Å². The molecule has 1 aliphatic heterocycles. The fourth-order valence-electron chi connectivity index (χ4n) is 3.07. The van der Waals surface area contributed by atoms with Crippen LogP contribution in [0.15, 0.2) is 47.5 Å². The summed E-state index contributed by atoms with van der Waals surface area (Å²) in [5.74, 6) is -0.227. The molecule has 1 aromatic heterocycles. The average molecular weight is 343 g/mol. The Kier molecular flexibility index (Phi) is 5.25. The molecule has 0 saturated carbocycles. The number of carbonyl (C=O) groups excluding carboxylic acids is 1. The number of hydrogen-bond acceptors (Lipinski definition) is 5. The maximum atomic E-state index is 12.5. The molecule has 3 rings (SSSR count). The van der Waals surface area contributed by atoms with Crippen molar-refractivity contribution >= 4 is 5.91 Å². The maximum Gasteiger partial charge on any atom is 0.254 e. The summed E-state index contributed by atoms with van der Waals surface area (Å²) in [5.41, 5.74) is 1.13. The molecular weight excluding hydrogens is 322 g/mol. The topological polar surface area (TPSA) is 84.7 Å². The molecule has 0 bridgehead atoms. The Morgan fingerprint density at radius 1 is 1.36 bits per heavy atom. The number of aromatic nitrogens is 2. The van der Waals surface area contributed by atoms with E-state index in [-0.39, 0.29) is 36.8 Å². The van der Waals surface area contributed by atoms with Crippen molar-refractivity contribution in [3.8, 4) is 11.3 Å². The summed E-state index contributed by atoms with van der Waals surface area (Å²) < 4.78 is 6.56. The van der Waals surface area contributed by atoms with Crippen molar-refractivity contribution in [3.05, 3.63) is 53.1 Å². The van der Waals surface area contributed by atoms with Crippen LogP contribution in [-0.2, 0) is 16.1 Å². The molecule has 1 amide bonds. The van der Waals surface area contributed by atoms with Crippen molar-refractivity contribution in [1.82, 2.24) is 14.5 Å². The van der Waals surface area contributed by atoms with Crippen LogP contribution in [0.2, 0.25) is 0 Å². The molecule has 2 atom stereocenters. The molecule has 1 fully saturated rings. The van der Waals surface area contributed by atoms with Gasteiger partial charge in [0.05, 0.1) is 30.8 Å². The second-order valence-corrected chi connectivity index (χ2v) is 6.08. The Hall–Kier alpha value is -2.51. The van der Waals surface area contributed by atoms with E-state index >= 15 is 0 Å². The first kappa shape index (κ1) is 17.3. The predicted octanol–water partition coefficient (Wildman–Crippen LogP) is 0.518. The number of carbonyl (C=O) groups is 1. The highest BCUT2D eigenvalue weighted by atomic mass is 16.5. The van der Waals surface area contributed by atoms with Gasteiger partial charge in [0.25, 0.3) is 5.56 Å². The number of amides is 1. The van der Waals surface area contributed by atoms with E-state index in [2.05, 4.69) is 4.98 Å². The minimum atomic E-state index is -0.287. The van der Waals surface area contributed by atoms with Crippen LogP contribution in [0.4, 0.5) is 0 Å². The normalized spacial score (nSPS) is 20.0. The summed E-state index contributed by atoms with van der Waals surface area (Å²) >= 11 is 0. The predicted molar refractivity (Wildman–Crippen MR) is 91.9 cm³/mol. The zero-order valence-corrected chi connectivity index (χ0v) is 14.0. The highest BCUT2D eigenvalue weighted by Crippen LogP contribution is 2.20. The SMILES string of the molecule is CO[C@H]1C[C@@H](CO)N(C(=O)Cn2cnc(-c3ccccc3)cc2=O)C1. The molecular formula is C18H21N3O4. The van der Waals surface area contributed by atoms with E-state index in [1.807, 2.05) is 30.3 Å². The van der Waals surface area contributed by atoms with Crippen molar-refractivity contribution < 1.29 is 14.6 Å². The van der Waals surface area contributed by atoms with E-state index in [1.165, 1.54) is 17.0 Å². The number of likely N-dealkylation sites (tertiary alicyclic amines) is 1. The number of rotatable bonds is 5. The molecule has 0 unspecified atom stereocenters. The van der Waals surface area contributed by atoms with Gasteiger partial charge in [0, 0.05) is 25.3 Å². The number of hydrogen-bond donors (Lipinski definition) is 1. The highest BCUT2D eigenvalue weighted by molar-refractivity contribution is 5.76. The van der Waals surface area contributed by atoms with Crippen molar-refractivity contribution in [2.75, 3.05) is 20.3 Å². The van der Waals surface area contributed by atoms with Crippen LogP contribution < -0.4 is 5.56 Å². The summed E-state index contributed by atoms with van der Waals surface area (Å²) in [7, 11) is 1.59. The first-order valence-electron chi connectivity index (χ1n) is 8.17. The van der Waals surface area contributed by atoms with Gasteiger partial charge in [0.15, 0.2) is 0 Å². The number of methoxy groups -OCH3 is 1. The number of nitrogens with zero attached hydrogens (tertiary/aromatic N) is 3.